The Hall–Kier alpha value is -0.630. The van der Waals surface area contributed by atoms with Crippen molar-refractivity contribution >= 4 is 43.5 Å². The van der Waals surface area contributed by atoms with E-state index < -0.39 is 10.0 Å². The molecule has 19 heavy (non-hydrogen) atoms. The lowest BCUT2D eigenvalue weighted by molar-refractivity contribution is 0.0955. The summed E-state index contributed by atoms with van der Waals surface area (Å²) in [5, 5.41) is 3.06. The van der Waals surface area contributed by atoms with Crippen LogP contribution in [0.15, 0.2) is 22.7 Å². The molecule has 0 aliphatic rings. The molecule has 0 atom stereocenters. The van der Waals surface area contributed by atoms with E-state index in [4.69, 9.17) is 11.6 Å². The Morgan fingerprint density at radius 2 is 2.05 bits per heavy atom. The van der Waals surface area contributed by atoms with Crippen LogP contribution in [0.1, 0.15) is 10.4 Å². The molecule has 0 aliphatic heterocycles. The van der Waals surface area contributed by atoms with Gasteiger partial charge in [-0.3, -0.25) is 4.79 Å². The summed E-state index contributed by atoms with van der Waals surface area (Å²) >= 11 is 9.00. The van der Waals surface area contributed by atoms with Gasteiger partial charge in [0.25, 0.3) is 5.91 Å². The fourth-order valence-electron chi connectivity index (χ4n) is 1.24. The van der Waals surface area contributed by atoms with Gasteiger partial charge in [-0.2, -0.15) is 0 Å². The van der Waals surface area contributed by atoms with E-state index in [1.165, 1.54) is 14.1 Å². The van der Waals surface area contributed by atoms with Crippen molar-refractivity contribution in [2.45, 2.75) is 0 Å². The summed E-state index contributed by atoms with van der Waals surface area (Å²) in [7, 11) is -0.404. The monoisotopic (exact) mass is 368 g/mol. The van der Waals surface area contributed by atoms with Gasteiger partial charge in [0, 0.05) is 30.1 Å². The van der Waals surface area contributed by atoms with E-state index in [0.717, 1.165) is 4.31 Å². The highest BCUT2D eigenvalue weighted by atomic mass is 79.9. The Bertz CT molecular complexity index is 575. The predicted octanol–water partition coefficient (Wildman–Crippen LogP) is 1.72. The molecule has 0 heterocycles. The average molecular weight is 370 g/mol. The fourth-order valence-corrected chi connectivity index (χ4v) is 2.83. The van der Waals surface area contributed by atoms with Gasteiger partial charge in [-0.15, -0.1) is 0 Å². The zero-order valence-corrected chi connectivity index (χ0v) is 13.6. The highest BCUT2D eigenvalue weighted by Gasteiger charge is 2.15. The highest BCUT2D eigenvalue weighted by molar-refractivity contribution is 9.10. The van der Waals surface area contributed by atoms with E-state index in [1.54, 1.807) is 18.2 Å². The molecule has 0 unspecified atom stereocenters. The zero-order chi connectivity index (χ0) is 14.6. The van der Waals surface area contributed by atoms with Crippen LogP contribution in [-0.4, -0.2) is 45.0 Å². The Labute approximate surface area is 126 Å². The SMILES string of the molecule is CN(C)S(=O)(=O)CCNC(=O)c1ccc(Cl)cc1Br. The van der Waals surface area contributed by atoms with Crippen LogP contribution in [0, 0.1) is 0 Å². The minimum Gasteiger partial charge on any atom is -0.351 e. The maximum Gasteiger partial charge on any atom is 0.252 e. The zero-order valence-electron chi connectivity index (χ0n) is 10.5. The van der Waals surface area contributed by atoms with Crippen LogP contribution in [0.25, 0.3) is 0 Å². The molecule has 1 N–H and O–H groups in total. The number of hydrogen-bond donors (Lipinski definition) is 1. The smallest absolute Gasteiger partial charge is 0.252 e. The first-order valence-corrected chi connectivity index (χ1v) is 8.15. The Morgan fingerprint density at radius 3 is 2.58 bits per heavy atom. The Morgan fingerprint density at radius 1 is 1.42 bits per heavy atom. The second-order valence-electron chi connectivity index (χ2n) is 3.98. The van der Waals surface area contributed by atoms with Crippen LogP contribution in [0.3, 0.4) is 0 Å². The largest absolute Gasteiger partial charge is 0.351 e. The van der Waals surface area contributed by atoms with Crippen LogP contribution < -0.4 is 5.32 Å². The molecule has 0 radical (unpaired) electrons. The minimum atomic E-state index is -3.31. The number of carbonyl (C=O) groups is 1. The molecular formula is C11H14BrClN2O3S. The van der Waals surface area contributed by atoms with Gasteiger partial charge in [0.2, 0.25) is 10.0 Å². The van der Waals surface area contributed by atoms with E-state index in [0.29, 0.717) is 15.1 Å². The van der Waals surface area contributed by atoms with Crippen molar-refractivity contribution in [1.82, 2.24) is 9.62 Å². The van der Waals surface area contributed by atoms with Crippen LogP contribution in [0.5, 0.6) is 0 Å². The van der Waals surface area contributed by atoms with E-state index in [2.05, 4.69) is 21.2 Å². The van der Waals surface area contributed by atoms with Gasteiger partial charge in [0.1, 0.15) is 0 Å². The molecule has 5 nitrogen and oxygen atoms in total. The van der Waals surface area contributed by atoms with Crippen LogP contribution in [-0.2, 0) is 10.0 Å². The first-order chi connectivity index (χ1) is 8.74. The molecule has 0 aliphatic carbocycles. The second kappa shape index (κ2) is 6.69. The van der Waals surface area contributed by atoms with E-state index >= 15 is 0 Å². The summed E-state index contributed by atoms with van der Waals surface area (Å²) in [6.45, 7) is 0.0500. The lowest BCUT2D eigenvalue weighted by atomic mass is 10.2. The van der Waals surface area contributed by atoms with Crippen LogP contribution >= 0.6 is 27.5 Å². The second-order valence-corrected chi connectivity index (χ2v) is 7.57. The number of amides is 1. The number of nitrogens with one attached hydrogen (secondary N) is 1. The summed E-state index contributed by atoms with van der Waals surface area (Å²) in [5.74, 6) is -0.491. The fraction of sp³-hybridized carbons (Fsp3) is 0.364. The number of hydrogen-bond acceptors (Lipinski definition) is 3. The summed E-state index contributed by atoms with van der Waals surface area (Å²) in [4.78, 5) is 11.8. The highest BCUT2D eigenvalue weighted by Crippen LogP contribution is 2.21. The molecule has 0 aromatic heterocycles. The number of carbonyl (C=O) groups excluding carboxylic acids is 1. The summed E-state index contributed by atoms with van der Waals surface area (Å²) in [6.07, 6.45) is 0. The number of halogens is 2. The topological polar surface area (TPSA) is 66.5 Å². The Balaban J connectivity index is 2.62. The van der Waals surface area contributed by atoms with Crippen LogP contribution in [0.2, 0.25) is 5.02 Å². The van der Waals surface area contributed by atoms with Gasteiger partial charge >= 0.3 is 0 Å². The van der Waals surface area contributed by atoms with E-state index in [-0.39, 0.29) is 18.2 Å². The van der Waals surface area contributed by atoms with Crippen molar-refractivity contribution in [3.8, 4) is 0 Å². The van der Waals surface area contributed by atoms with Gasteiger partial charge in [-0.25, -0.2) is 12.7 Å². The summed E-state index contributed by atoms with van der Waals surface area (Å²) < 4.78 is 24.7. The third-order valence-corrected chi connectivity index (χ3v) is 5.10. The summed E-state index contributed by atoms with van der Waals surface area (Å²) in [6, 6.07) is 4.77. The number of benzene rings is 1. The first kappa shape index (κ1) is 16.4. The Kier molecular flexibility index (Phi) is 5.79. The van der Waals surface area contributed by atoms with E-state index in [1.807, 2.05) is 0 Å². The molecule has 1 rings (SSSR count). The van der Waals surface area contributed by atoms with Crippen molar-refractivity contribution in [2.24, 2.45) is 0 Å². The van der Waals surface area contributed by atoms with Gasteiger partial charge < -0.3 is 5.32 Å². The van der Waals surface area contributed by atoms with Crippen molar-refractivity contribution in [3.63, 3.8) is 0 Å². The molecule has 0 saturated carbocycles. The third-order valence-electron chi connectivity index (χ3n) is 2.38. The van der Waals surface area contributed by atoms with E-state index in [9.17, 15) is 13.2 Å². The van der Waals surface area contributed by atoms with Crippen molar-refractivity contribution in [3.05, 3.63) is 33.3 Å². The molecule has 106 valence electrons. The van der Waals surface area contributed by atoms with Crippen molar-refractivity contribution in [2.75, 3.05) is 26.4 Å². The van der Waals surface area contributed by atoms with Crippen LogP contribution in [0.4, 0.5) is 0 Å². The minimum absolute atomic E-state index is 0.0500. The molecule has 1 aromatic carbocycles. The predicted molar refractivity (Wildman–Crippen MR) is 79.0 cm³/mol. The van der Waals surface area contributed by atoms with Gasteiger partial charge in [-0.1, -0.05) is 11.6 Å². The summed E-state index contributed by atoms with van der Waals surface area (Å²) in [5.41, 5.74) is 0.409. The molecule has 0 bridgehead atoms. The number of nitrogens with zero attached hydrogens (tertiary/aromatic N) is 1. The number of sulfonamides is 1. The normalized spacial score (nSPS) is 11.6. The molecule has 0 spiro atoms. The molecule has 8 heteroatoms. The molecule has 0 fully saturated rings. The molecular weight excluding hydrogens is 356 g/mol. The average Bonchev–Trinajstić information content (AvgIpc) is 2.28. The lowest BCUT2D eigenvalue weighted by Gasteiger charge is -2.12. The molecule has 0 saturated heterocycles. The lowest BCUT2D eigenvalue weighted by Crippen LogP contribution is -2.34. The maximum atomic E-state index is 11.8. The standard InChI is InChI=1S/C11H14BrClN2O3S/c1-15(2)19(17,18)6-5-14-11(16)9-4-3-8(13)7-10(9)12/h3-4,7H,5-6H2,1-2H3,(H,14,16). The third kappa shape index (κ3) is 4.76. The van der Waals surface area contributed by atoms with Crippen molar-refractivity contribution < 1.29 is 13.2 Å². The molecule has 1 amide bonds. The maximum absolute atomic E-state index is 11.8. The van der Waals surface area contributed by atoms with Gasteiger partial charge in [0.05, 0.1) is 11.3 Å². The van der Waals surface area contributed by atoms with Gasteiger partial charge in [-0.05, 0) is 34.1 Å². The quantitative estimate of drug-likeness (QED) is 0.859. The van der Waals surface area contributed by atoms with Crippen molar-refractivity contribution in [1.29, 1.82) is 0 Å². The van der Waals surface area contributed by atoms with Gasteiger partial charge in [0.15, 0.2) is 0 Å². The number of rotatable bonds is 5. The first-order valence-electron chi connectivity index (χ1n) is 5.37. The molecule has 1 aromatic rings.